The largest absolute Gasteiger partial charge is 0.369 e. The summed E-state index contributed by atoms with van der Waals surface area (Å²) in [5.74, 6) is 1.19. The first-order chi connectivity index (χ1) is 11.9. The highest BCUT2D eigenvalue weighted by atomic mass is 15.2. The Bertz CT molecular complexity index is 966. The number of hydrogen-bond donors (Lipinski definition) is 0. The molecule has 0 unspecified atom stereocenters. The molecule has 0 radical (unpaired) electrons. The van der Waals surface area contributed by atoms with Gasteiger partial charge in [0.25, 0.3) is 0 Å². The molecule has 4 nitrogen and oxygen atoms in total. The van der Waals surface area contributed by atoms with Gasteiger partial charge < -0.3 is 9.47 Å². The van der Waals surface area contributed by atoms with Gasteiger partial charge in [0.15, 0.2) is 0 Å². The van der Waals surface area contributed by atoms with E-state index in [4.69, 9.17) is 4.98 Å². The quantitative estimate of drug-likeness (QED) is 0.727. The average Bonchev–Trinajstić information content (AvgIpc) is 2.80. The third-order valence-corrected chi connectivity index (χ3v) is 4.92. The topological polar surface area (TPSA) is 34.0 Å². The van der Waals surface area contributed by atoms with E-state index in [0.29, 0.717) is 0 Å². The van der Waals surface area contributed by atoms with Crippen molar-refractivity contribution in [3.8, 4) is 11.1 Å². The zero-order valence-electron chi connectivity index (χ0n) is 13.4. The van der Waals surface area contributed by atoms with E-state index in [-0.39, 0.29) is 0 Å². The maximum absolute atomic E-state index is 4.87. The molecule has 0 atom stereocenters. The third-order valence-electron chi connectivity index (χ3n) is 4.92. The zero-order valence-corrected chi connectivity index (χ0v) is 13.4. The summed E-state index contributed by atoms with van der Waals surface area (Å²) in [6.45, 7) is 3.05. The van der Waals surface area contributed by atoms with Gasteiger partial charge in [0.05, 0.1) is 11.0 Å². The maximum atomic E-state index is 4.87. The summed E-state index contributed by atoms with van der Waals surface area (Å²) in [5, 5.41) is 0. The second kappa shape index (κ2) is 5.34. The van der Waals surface area contributed by atoms with Crippen LogP contribution in [0, 0.1) is 0 Å². The van der Waals surface area contributed by atoms with Gasteiger partial charge >= 0.3 is 0 Å². The van der Waals surface area contributed by atoms with Crippen LogP contribution in [0.25, 0.3) is 22.2 Å². The van der Waals surface area contributed by atoms with Crippen molar-refractivity contribution >= 4 is 11.0 Å². The summed E-state index contributed by atoms with van der Waals surface area (Å²) in [6, 6.07) is 10.6. The van der Waals surface area contributed by atoms with Gasteiger partial charge in [-0.15, -0.1) is 0 Å². The molecule has 2 aromatic heterocycles. The molecular weight excluding hydrogens is 296 g/mol. The fourth-order valence-electron chi connectivity index (χ4n) is 3.54. The van der Waals surface area contributed by atoms with Crippen molar-refractivity contribution in [2.75, 3.05) is 13.1 Å². The molecule has 0 fully saturated rings. The van der Waals surface area contributed by atoms with Crippen molar-refractivity contribution in [2.24, 2.45) is 0 Å². The van der Waals surface area contributed by atoms with Gasteiger partial charge in [-0.05, 0) is 35.9 Å². The molecule has 4 heteroatoms. The highest BCUT2D eigenvalue weighted by Gasteiger charge is 2.19. The van der Waals surface area contributed by atoms with Gasteiger partial charge in [0, 0.05) is 49.7 Å². The van der Waals surface area contributed by atoms with E-state index in [2.05, 4.69) is 56.9 Å². The Hall–Kier alpha value is -2.88. The smallest absolute Gasteiger partial charge is 0.111 e. The number of rotatable bonds is 2. The lowest BCUT2D eigenvalue weighted by atomic mass is 10.1. The molecule has 0 saturated heterocycles. The molecule has 24 heavy (non-hydrogen) atoms. The molecule has 1 aromatic carbocycles. The van der Waals surface area contributed by atoms with Crippen LogP contribution < -0.4 is 0 Å². The molecule has 0 saturated carbocycles. The Labute approximate surface area is 140 Å². The first-order valence-corrected chi connectivity index (χ1v) is 8.41. The first-order valence-electron chi connectivity index (χ1n) is 8.41. The number of nitrogens with zero attached hydrogens (tertiary/aromatic N) is 4. The van der Waals surface area contributed by atoms with Crippen LogP contribution in [0.1, 0.15) is 5.82 Å². The summed E-state index contributed by atoms with van der Waals surface area (Å²) >= 11 is 0. The molecule has 1 aliphatic carbocycles. The number of pyridine rings is 1. The van der Waals surface area contributed by atoms with Crippen LogP contribution in [0.4, 0.5) is 0 Å². The number of benzene rings is 1. The number of aromatic nitrogens is 3. The molecule has 5 rings (SSSR count). The molecule has 0 amide bonds. The van der Waals surface area contributed by atoms with Gasteiger partial charge in [0.2, 0.25) is 0 Å². The lowest BCUT2D eigenvalue weighted by Crippen LogP contribution is -2.26. The fourth-order valence-corrected chi connectivity index (χ4v) is 3.54. The Morgan fingerprint density at radius 3 is 2.75 bits per heavy atom. The summed E-state index contributed by atoms with van der Waals surface area (Å²) in [5.41, 5.74) is 6.01. The third kappa shape index (κ3) is 2.14. The van der Waals surface area contributed by atoms with Gasteiger partial charge in [0.1, 0.15) is 5.82 Å². The number of imidazole rings is 1. The molecule has 0 N–H and O–H groups in total. The minimum atomic E-state index is 0.980. The van der Waals surface area contributed by atoms with Crippen molar-refractivity contribution in [3.63, 3.8) is 0 Å². The Morgan fingerprint density at radius 1 is 1.00 bits per heavy atom. The van der Waals surface area contributed by atoms with Crippen molar-refractivity contribution < 1.29 is 0 Å². The number of fused-ring (bicyclic) bond motifs is 3. The van der Waals surface area contributed by atoms with Crippen molar-refractivity contribution in [3.05, 3.63) is 72.5 Å². The van der Waals surface area contributed by atoms with Crippen LogP contribution in [-0.2, 0) is 13.0 Å². The van der Waals surface area contributed by atoms with Crippen molar-refractivity contribution in [1.29, 1.82) is 0 Å². The van der Waals surface area contributed by atoms with E-state index in [1.54, 1.807) is 0 Å². The first kappa shape index (κ1) is 13.5. The van der Waals surface area contributed by atoms with Crippen molar-refractivity contribution in [2.45, 2.75) is 13.0 Å². The van der Waals surface area contributed by atoms with Crippen LogP contribution >= 0.6 is 0 Å². The van der Waals surface area contributed by atoms with Gasteiger partial charge in [-0.2, -0.15) is 0 Å². The van der Waals surface area contributed by atoms with Crippen molar-refractivity contribution in [1.82, 2.24) is 19.4 Å². The molecule has 0 spiro atoms. The van der Waals surface area contributed by atoms with E-state index < -0.39 is 0 Å². The highest BCUT2D eigenvalue weighted by Crippen LogP contribution is 2.26. The highest BCUT2D eigenvalue weighted by molar-refractivity contribution is 5.82. The second-order valence-electron chi connectivity index (χ2n) is 6.31. The number of allylic oxidation sites excluding steroid dienone is 3. The molecule has 2 aliphatic rings. The summed E-state index contributed by atoms with van der Waals surface area (Å²) in [4.78, 5) is 11.6. The van der Waals surface area contributed by atoms with E-state index >= 15 is 0 Å². The molecule has 1 aliphatic heterocycles. The lowest BCUT2D eigenvalue weighted by molar-refractivity contribution is 0.359. The zero-order chi connectivity index (χ0) is 15.9. The van der Waals surface area contributed by atoms with E-state index in [0.717, 1.165) is 37.1 Å². The predicted octanol–water partition coefficient (Wildman–Crippen LogP) is 3.41. The Morgan fingerprint density at radius 2 is 1.96 bits per heavy atom. The van der Waals surface area contributed by atoms with E-state index in [1.165, 1.54) is 22.6 Å². The predicted molar refractivity (Wildman–Crippen MR) is 95.5 cm³/mol. The second-order valence-corrected chi connectivity index (χ2v) is 6.31. The van der Waals surface area contributed by atoms with Crippen LogP contribution in [0.2, 0.25) is 0 Å². The maximum Gasteiger partial charge on any atom is 0.111 e. The lowest BCUT2D eigenvalue weighted by Gasteiger charge is -2.25. The Kier molecular flexibility index (Phi) is 3.01. The van der Waals surface area contributed by atoms with Crippen LogP contribution in [0.5, 0.6) is 0 Å². The molecule has 0 bridgehead atoms. The van der Waals surface area contributed by atoms with Gasteiger partial charge in [-0.1, -0.05) is 18.2 Å². The monoisotopic (exact) mass is 314 g/mol. The Balaban J connectivity index is 1.53. The van der Waals surface area contributed by atoms with Crippen LogP contribution in [-0.4, -0.2) is 32.5 Å². The van der Waals surface area contributed by atoms with Crippen LogP contribution in [0.15, 0.2) is 66.7 Å². The van der Waals surface area contributed by atoms with E-state index in [9.17, 15) is 0 Å². The van der Waals surface area contributed by atoms with Gasteiger partial charge in [-0.25, -0.2) is 4.98 Å². The summed E-state index contributed by atoms with van der Waals surface area (Å²) in [6.07, 6.45) is 11.2. The molecule has 118 valence electrons. The standard InChI is InChI=1S/C20H18N4/c1-4-17(5-1)23-10-8-20-22-18-7-6-15(16-3-2-9-21-14-16)13-19(18)24(20)12-11-23/h1-7,9,13-14H,8,10-12H2. The minimum Gasteiger partial charge on any atom is -0.369 e. The SMILES string of the molecule is C1=CC(N2CCc3nc4ccc(-c5cccnc5)cc4n3CC2)=C1. The molecular formula is C20H18N4. The fraction of sp³-hybridized carbons (Fsp3) is 0.200. The average molecular weight is 314 g/mol. The summed E-state index contributed by atoms with van der Waals surface area (Å²) in [7, 11) is 0. The normalized spacial score (nSPS) is 16.5. The minimum absolute atomic E-state index is 0.980. The molecule has 3 aromatic rings. The van der Waals surface area contributed by atoms with Gasteiger partial charge in [-0.3, -0.25) is 4.98 Å². The summed E-state index contributed by atoms with van der Waals surface area (Å²) < 4.78 is 2.39. The molecule has 3 heterocycles. The van der Waals surface area contributed by atoms with Crippen LogP contribution in [0.3, 0.4) is 0 Å². The van der Waals surface area contributed by atoms with E-state index in [1.807, 2.05) is 18.5 Å². The number of hydrogen-bond acceptors (Lipinski definition) is 3.